The van der Waals surface area contributed by atoms with Crippen LogP contribution in [0.4, 0.5) is 5.82 Å². The van der Waals surface area contributed by atoms with Crippen LogP contribution in [0.3, 0.4) is 0 Å². The van der Waals surface area contributed by atoms with E-state index in [1.807, 2.05) is 42.5 Å². The van der Waals surface area contributed by atoms with Crippen molar-refractivity contribution < 1.29 is 9.26 Å². The average Bonchev–Trinajstić information content (AvgIpc) is 3.37. The lowest BCUT2D eigenvalue weighted by Crippen LogP contribution is -2.31. The van der Waals surface area contributed by atoms with E-state index in [1.54, 1.807) is 6.20 Å². The fourth-order valence-corrected chi connectivity index (χ4v) is 3.17. The summed E-state index contributed by atoms with van der Waals surface area (Å²) in [4.78, 5) is 13.6. The second-order valence-electron chi connectivity index (χ2n) is 6.87. The molecule has 0 bridgehead atoms. The number of hydrogen-bond acceptors (Lipinski definition) is 7. The third kappa shape index (κ3) is 4.09. The highest BCUT2D eigenvalue weighted by molar-refractivity contribution is 5.55. The van der Waals surface area contributed by atoms with Crippen LogP contribution in [0.15, 0.2) is 53.2 Å². The van der Waals surface area contributed by atoms with Gasteiger partial charge in [-0.25, -0.2) is 4.98 Å². The highest BCUT2D eigenvalue weighted by atomic mass is 16.5. The highest BCUT2D eigenvalue weighted by Gasteiger charge is 2.24. The Morgan fingerprint density at radius 2 is 2.04 bits per heavy atom. The number of ether oxygens (including phenoxy) is 1. The van der Waals surface area contributed by atoms with Gasteiger partial charge in [0.05, 0.1) is 5.56 Å². The lowest BCUT2D eigenvalue weighted by molar-refractivity contribution is 0.287. The molecule has 0 saturated carbocycles. The van der Waals surface area contributed by atoms with E-state index in [9.17, 15) is 0 Å². The van der Waals surface area contributed by atoms with Gasteiger partial charge < -0.3 is 19.1 Å². The summed E-state index contributed by atoms with van der Waals surface area (Å²) < 4.78 is 11.0. The molecule has 4 rings (SSSR count). The molecular weight excluding hydrogens is 342 g/mol. The normalized spacial score (nSPS) is 16.9. The van der Waals surface area contributed by atoms with Gasteiger partial charge in [-0.3, -0.25) is 0 Å². The number of rotatable bonds is 6. The van der Waals surface area contributed by atoms with Crippen molar-refractivity contribution in [2.24, 2.45) is 0 Å². The van der Waals surface area contributed by atoms with Crippen LogP contribution in [0.2, 0.25) is 0 Å². The second kappa shape index (κ2) is 7.75. The largest absolute Gasteiger partial charge is 0.485 e. The van der Waals surface area contributed by atoms with E-state index in [0.717, 1.165) is 36.6 Å². The number of benzene rings is 1. The minimum absolute atomic E-state index is 0.263. The maximum atomic E-state index is 5.65. The van der Waals surface area contributed by atoms with Crippen LogP contribution >= 0.6 is 0 Å². The van der Waals surface area contributed by atoms with Crippen molar-refractivity contribution in [1.82, 2.24) is 20.0 Å². The molecule has 140 valence electrons. The number of pyridine rings is 1. The Morgan fingerprint density at radius 3 is 2.74 bits per heavy atom. The molecule has 27 heavy (non-hydrogen) atoms. The smallest absolute Gasteiger partial charge is 0.259 e. The van der Waals surface area contributed by atoms with E-state index in [2.05, 4.69) is 39.0 Å². The van der Waals surface area contributed by atoms with E-state index in [1.165, 1.54) is 0 Å². The zero-order chi connectivity index (χ0) is 18.6. The molecule has 7 nitrogen and oxygen atoms in total. The molecule has 1 fully saturated rings. The van der Waals surface area contributed by atoms with Crippen molar-refractivity contribution in [3.05, 3.63) is 54.5 Å². The van der Waals surface area contributed by atoms with Crippen LogP contribution in [-0.2, 0) is 6.61 Å². The molecule has 0 amide bonds. The topological polar surface area (TPSA) is 67.5 Å². The lowest BCUT2D eigenvalue weighted by Gasteiger charge is -2.21. The fraction of sp³-hybridized carbons (Fsp3) is 0.350. The van der Waals surface area contributed by atoms with Crippen molar-refractivity contribution in [3.63, 3.8) is 0 Å². The van der Waals surface area contributed by atoms with Crippen LogP contribution < -0.4 is 9.64 Å². The van der Waals surface area contributed by atoms with E-state index >= 15 is 0 Å². The van der Waals surface area contributed by atoms with Crippen molar-refractivity contribution in [3.8, 4) is 17.2 Å². The van der Waals surface area contributed by atoms with Crippen LogP contribution in [0.25, 0.3) is 11.5 Å². The van der Waals surface area contributed by atoms with E-state index < -0.39 is 0 Å². The minimum atomic E-state index is 0.263. The van der Waals surface area contributed by atoms with Crippen molar-refractivity contribution in [1.29, 1.82) is 0 Å². The molecule has 1 atom stereocenters. The van der Waals surface area contributed by atoms with Crippen LogP contribution in [0.1, 0.15) is 12.2 Å². The standard InChI is InChI=1S/C20H23N5O2/c1-24(2)16-10-11-25(13-16)19-9-8-15(12-21-19)20-22-18(23-27-20)14-26-17-6-4-3-5-7-17/h3-9,12,16H,10-11,13-14H2,1-2H3. The summed E-state index contributed by atoms with van der Waals surface area (Å²) in [7, 11) is 4.25. The monoisotopic (exact) mass is 365 g/mol. The molecule has 1 unspecified atom stereocenters. The first-order chi connectivity index (χ1) is 13.2. The van der Waals surface area contributed by atoms with Crippen molar-refractivity contribution in [2.75, 3.05) is 32.1 Å². The number of likely N-dealkylation sites (N-methyl/N-ethyl adjacent to an activating group) is 1. The highest BCUT2D eigenvalue weighted by Crippen LogP contribution is 2.23. The minimum Gasteiger partial charge on any atom is -0.485 e. The Morgan fingerprint density at radius 1 is 1.19 bits per heavy atom. The fourth-order valence-electron chi connectivity index (χ4n) is 3.17. The van der Waals surface area contributed by atoms with Gasteiger partial charge in [0.15, 0.2) is 6.61 Å². The first-order valence-electron chi connectivity index (χ1n) is 9.07. The summed E-state index contributed by atoms with van der Waals surface area (Å²) in [6.45, 7) is 2.29. The van der Waals surface area contributed by atoms with E-state index in [0.29, 0.717) is 17.8 Å². The molecule has 3 aromatic rings. The predicted molar refractivity (Wildman–Crippen MR) is 103 cm³/mol. The van der Waals surface area contributed by atoms with E-state index in [4.69, 9.17) is 9.26 Å². The molecule has 0 N–H and O–H groups in total. The number of nitrogens with zero attached hydrogens (tertiary/aromatic N) is 5. The first kappa shape index (κ1) is 17.5. The molecule has 1 saturated heterocycles. The van der Waals surface area contributed by atoms with Gasteiger partial charge >= 0.3 is 0 Å². The van der Waals surface area contributed by atoms with Gasteiger partial charge in [0, 0.05) is 25.3 Å². The zero-order valence-corrected chi connectivity index (χ0v) is 15.6. The summed E-state index contributed by atoms with van der Waals surface area (Å²) in [5.74, 6) is 2.71. The SMILES string of the molecule is CN(C)C1CCN(c2ccc(-c3nc(COc4ccccc4)no3)cn2)C1. The lowest BCUT2D eigenvalue weighted by atomic mass is 10.2. The Balaban J connectivity index is 1.39. The van der Waals surface area contributed by atoms with Crippen molar-refractivity contribution >= 4 is 5.82 Å². The molecule has 3 heterocycles. The van der Waals surface area contributed by atoms with Gasteiger partial charge in [-0.1, -0.05) is 23.4 Å². The molecule has 1 aliphatic rings. The van der Waals surface area contributed by atoms with Crippen molar-refractivity contribution in [2.45, 2.75) is 19.1 Å². The Labute approximate surface area is 158 Å². The van der Waals surface area contributed by atoms with Gasteiger partial charge in [0.25, 0.3) is 5.89 Å². The Hall–Kier alpha value is -2.93. The Kier molecular flexibility index (Phi) is 5.02. The third-order valence-corrected chi connectivity index (χ3v) is 4.79. The summed E-state index contributed by atoms with van der Waals surface area (Å²) in [6.07, 6.45) is 2.94. The van der Waals surface area contributed by atoms with Gasteiger partial charge in [0.2, 0.25) is 5.82 Å². The second-order valence-corrected chi connectivity index (χ2v) is 6.87. The number of aromatic nitrogens is 3. The van der Waals surface area contributed by atoms with Crippen LogP contribution in [0, 0.1) is 0 Å². The molecular formula is C20H23N5O2. The van der Waals surface area contributed by atoms with Crippen LogP contribution in [-0.4, -0.2) is 53.3 Å². The number of anilines is 1. The number of hydrogen-bond donors (Lipinski definition) is 0. The van der Waals surface area contributed by atoms with Gasteiger partial charge in [0.1, 0.15) is 11.6 Å². The molecule has 0 aliphatic carbocycles. The summed E-state index contributed by atoms with van der Waals surface area (Å²) >= 11 is 0. The van der Waals surface area contributed by atoms with Gasteiger partial charge in [-0.2, -0.15) is 4.98 Å². The molecule has 1 aliphatic heterocycles. The zero-order valence-electron chi connectivity index (χ0n) is 15.6. The predicted octanol–water partition coefficient (Wildman–Crippen LogP) is 2.85. The quantitative estimate of drug-likeness (QED) is 0.665. The van der Waals surface area contributed by atoms with Gasteiger partial charge in [-0.15, -0.1) is 0 Å². The maximum absolute atomic E-state index is 5.65. The van der Waals surface area contributed by atoms with Gasteiger partial charge in [-0.05, 0) is 44.8 Å². The average molecular weight is 365 g/mol. The molecule has 2 aromatic heterocycles. The molecule has 0 spiro atoms. The third-order valence-electron chi connectivity index (χ3n) is 4.79. The summed E-state index contributed by atoms with van der Waals surface area (Å²) in [5.41, 5.74) is 0.806. The summed E-state index contributed by atoms with van der Waals surface area (Å²) in [5, 5.41) is 3.98. The number of para-hydroxylation sites is 1. The van der Waals surface area contributed by atoms with Crippen LogP contribution in [0.5, 0.6) is 5.75 Å². The molecule has 7 heteroatoms. The van der Waals surface area contributed by atoms with E-state index in [-0.39, 0.29) is 6.61 Å². The summed E-state index contributed by atoms with van der Waals surface area (Å²) in [6, 6.07) is 14.1. The molecule has 1 aromatic carbocycles. The molecule has 0 radical (unpaired) electrons. The first-order valence-corrected chi connectivity index (χ1v) is 9.07. The maximum Gasteiger partial charge on any atom is 0.259 e. The Bertz CT molecular complexity index is 864.